The smallest absolute Gasteiger partial charge is 0.189 e. The molecule has 0 saturated carbocycles. The standard InChI is InChI=1S/C32H33F2N3O5/c1-31(38)27-14-7-22(28-17-26(42-36-28)19-40-18-21-5-8-23(33)9-6-21)16-29(27)35-30(4-2-3-15-32(39)20-41-32)37(31)25-12-10-24(34)11-13-25/h5-12,14,16-17,25,38-39H,2-4,13,15,18-20H2,1H3. The molecule has 220 valence electrons. The first-order valence-corrected chi connectivity index (χ1v) is 14.1. The third kappa shape index (κ3) is 6.22. The highest BCUT2D eigenvalue weighted by Gasteiger charge is 2.43. The van der Waals surface area contributed by atoms with Gasteiger partial charge in [-0.15, -0.1) is 0 Å². The summed E-state index contributed by atoms with van der Waals surface area (Å²) in [5, 5.41) is 26.1. The van der Waals surface area contributed by atoms with Gasteiger partial charge in [-0.25, -0.2) is 13.8 Å². The third-order valence-electron chi connectivity index (χ3n) is 7.84. The number of allylic oxidation sites excluding steroid dienone is 2. The van der Waals surface area contributed by atoms with E-state index < -0.39 is 11.5 Å². The average molecular weight is 578 g/mol. The Morgan fingerprint density at radius 3 is 2.62 bits per heavy atom. The van der Waals surface area contributed by atoms with Crippen molar-refractivity contribution in [1.82, 2.24) is 10.1 Å². The molecule has 3 atom stereocenters. The van der Waals surface area contributed by atoms with Gasteiger partial charge in [-0.1, -0.05) is 35.5 Å². The largest absolute Gasteiger partial charge is 0.369 e. The van der Waals surface area contributed by atoms with Crippen LogP contribution in [0, 0.1) is 5.82 Å². The number of nitrogens with zero attached hydrogens (tertiary/aromatic N) is 3. The molecule has 3 aromatic rings. The highest BCUT2D eigenvalue weighted by molar-refractivity contribution is 5.89. The molecule has 6 rings (SSSR count). The Morgan fingerprint density at radius 1 is 1.07 bits per heavy atom. The van der Waals surface area contributed by atoms with Crippen LogP contribution in [-0.2, 0) is 28.4 Å². The van der Waals surface area contributed by atoms with E-state index in [0.29, 0.717) is 61.0 Å². The van der Waals surface area contributed by atoms with Crippen LogP contribution in [0.5, 0.6) is 0 Å². The van der Waals surface area contributed by atoms with Gasteiger partial charge in [-0.3, -0.25) is 0 Å². The quantitative estimate of drug-likeness (QED) is 0.208. The van der Waals surface area contributed by atoms with Crippen molar-refractivity contribution < 1.29 is 33.0 Å². The normalized spacial score (nSPS) is 24.8. The summed E-state index contributed by atoms with van der Waals surface area (Å²) in [4.78, 5) is 6.84. The summed E-state index contributed by atoms with van der Waals surface area (Å²) in [6.07, 6.45) is 7.67. The van der Waals surface area contributed by atoms with E-state index in [0.717, 1.165) is 24.0 Å². The lowest BCUT2D eigenvalue weighted by atomic mass is 9.92. The summed E-state index contributed by atoms with van der Waals surface area (Å²) >= 11 is 0. The minimum atomic E-state index is -1.40. The summed E-state index contributed by atoms with van der Waals surface area (Å²) < 4.78 is 43.2. The van der Waals surface area contributed by atoms with Gasteiger partial charge in [0.2, 0.25) is 0 Å². The maximum atomic E-state index is 13.8. The van der Waals surface area contributed by atoms with Crippen LogP contribution in [0.4, 0.5) is 14.5 Å². The minimum absolute atomic E-state index is 0.200. The van der Waals surface area contributed by atoms with Crippen LogP contribution in [0.2, 0.25) is 0 Å². The molecule has 0 amide bonds. The molecule has 3 unspecified atom stereocenters. The lowest BCUT2D eigenvalue weighted by Gasteiger charge is -2.47. The lowest BCUT2D eigenvalue weighted by Crippen LogP contribution is -2.54. The molecule has 8 nitrogen and oxygen atoms in total. The number of halogens is 2. The monoisotopic (exact) mass is 577 g/mol. The van der Waals surface area contributed by atoms with Crippen molar-refractivity contribution >= 4 is 11.5 Å². The number of hydrogen-bond donors (Lipinski definition) is 2. The summed E-state index contributed by atoms with van der Waals surface area (Å²) in [6.45, 7) is 2.60. The zero-order valence-corrected chi connectivity index (χ0v) is 23.3. The van der Waals surface area contributed by atoms with E-state index >= 15 is 0 Å². The van der Waals surface area contributed by atoms with Crippen molar-refractivity contribution in [2.75, 3.05) is 6.61 Å². The van der Waals surface area contributed by atoms with Gasteiger partial charge in [0.15, 0.2) is 17.3 Å². The Labute approximate surface area is 242 Å². The molecular weight excluding hydrogens is 544 g/mol. The molecule has 3 aliphatic rings. The third-order valence-corrected chi connectivity index (χ3v) is 7.84. The van der Waals surface area contributed by atoms with E-state index in [4.69, 9.17) is 19.0 Å². The van der Waals surface area contributed by atoms with Gasteiger partial charge in [-0.2, -0.15) is 0 Å². The van der Waals surface area contributed by atoms with Crippen LogP contribution in [0.3, 0.4) is 0 Å². The second-order valence-electron chi connectivity index (χ2n) is 11.1. The number of fused-ring (bicyclic) bond motifs is 1. The second kappa shape index (κ2) is 11.5. The molecule has 2 aliphatic heterocycles. The Kier molecular flexibility index (Phi) is 7.80. The number of aromatic nitrogens is 1. The summed E-state index contributed by atoms with van der Waals surface area (Å²) in [5.41, 5.74) is 2.07. The lowest BCUT2D eigenvalue weighted by molar-refractivity contribution is -0.0743. The summed E-state index contributed by atoms with van der Waals surface area (Å²) in [7, 11) is 0. The first-order valence-electron chi connectivity index (χ1n) is 14.1. The SMILES string of the molecule is CC1(O)c2ccc(-c3cc(COCc4ccc(F)cc4)on3)cc2N=C(CCCCC2(O)CO2)N1C1C=CC(F)=CC1. The van der Waals surface area contributed by atoms with E-state index in [9.17, 15) is 19.0 Å². The van der Waals surface area contributed by atoms with Gasteiger partial charge in [0.1, 0.15) is 36.4 Å². The van der Waals surface area contributed by atoms with Crippen molar-refractivity contribution in [3.05, 3.63) is 95.3 Å². The average Bonchev–Trinajstić information content (AvgIpc) is 3.51. The Bertz CT molecular complexity index is 1530. The fourth-order valence-electron chi connectivity index (χ4n) is 5.50. The molecule has 2 aromatic carbocycles. The molecule has 42 heavy (non-hydrogen) atoms. The Morgan fingerprint density at radius 2 is 1.88 bits per heavy atom. The zero-order chi connectivity index (χ0) is 29.3. The van der Waals surface area contributed by atoms with Gasteiger partial charge < -0.3 is 29.1 Å². The highest BCUT2D eigenvalue weighted by atomic mass is 19.1. The van der Waals surface area contributed by atoms with E-state index in [1.54, 1.807) is 31.2 Å². The molecule has 1 aliphatic carbocycles. The van der Waals surface area contributed by atoms with E-state index in [1.807, 2.05) is 23.1 Å². The predicted octanol–water partition coefficient (Wildman–Crippen LogP) is 6.17. The number of epoxide rings is 1. The molecule has 0 bridgehead atoms. The highest BCUT2D eigenvalue weighted by Crippen LogP contribution is 2.43. The van der Waals surface area contributed by atoms with Crippen molar-refractivity contribution in [2.45, 2.75) is 69.8 Å². The van der Waals surface area contributed by atoms with E-state index in [-0.39, 0.29) is 24.3 Å². The number of rotatable bonds is 11. The van der Waals surface area contributed by atoms with Gasteiger partial charge >= 0.3 is 0 Å². The Hall–Kier alpha value is -3.70. The molecule has 0 spiro atoms. The number of ether oxygens (including phenoxy) is 2. The van der Waals surface area contributed by atoms with Gasteiger partial charge in [-0.05, 0) is 62.1 Å². The number of unbranched alkanes of at least 4 members (excludes halogenated alkanes) is 1. The van der Waals surface area contributed by atoms with Gasteiger partial charge in [0.25, 0.3) is 0 Å². The molecule has 0 radical (unpaired) electrons. The van der Waals surface area contributed by atoms with Crippen molar-refractivity contribution in [1.29, 1.82) is 0 Å². The molecule has 1 fully saturated rings. The Balaban J connectivity index is 1.20. The molecule has 10 heteroatoms. The number of aliphatic hydroxyl groups is 2. The number of aliphatic imine (C=N–C) groups is 1. The van der Waals surface area contributed by atoms with Gasteiger partial charge in [0.05, 0.1) is 18.3 Å². The van der Waals surface area contributed by atoms with Crippen LogP contribution < -0.4 is 0 Å². The van der Waals surface area contributed by atoms with Gasteiger partial charge in [0, 0.05) is 30.0 Å². The van der Waals surface area contributed by atoms with E-state index in [2.05, 4.69) is 5.16 Å². The fraction of sp³-hybridized carbons (Fsp3) is 0.375. The maximum absolute atomic E-state index is 13.8. The maximum Gasteiger partial charge on any atom is 0.189 e. The van der Waals surface area contributed by atoms with Crippen LogP contribution in [0.1, 0.15) is 55.9 Å². The number of benzene rings is 2. The van der Waals surface area contributed by atoms with Crippen LogP contribution in [0.15, 0.2) is 82.1 Å². The van der Waals surface area contributed by atoms with E-state index in [1.165, 1.54) is 24.3 Å². The van der Waals surface area contributed by atoms with Crippen LogP contribution >= 0.6 is 0 Å². The number of amidine groups is 1. The zero-order valence-electron chi connectivity index (χ0n) is 23.3. The summed E-state index contributed by atoms with van der Waals surface area (Å²) in [6, 6.07) is 13.2. The topological polar surface area (TPSA) is 104 Å². The number of hydrogen-bond acceptors (Lipinski definition) is 8. The molecule has 2 N–H and O–H groups in total. The fourth-order valence-corrected chi connectivity index (χ4v) is 5.50. The molecule has 1 aromatic heterocycles. The molecule has 3 heterocycles. The molecule has 1 saturated heterocycles. The van der Waals surface area contributed by atoms with Crippen LogP contribution in [-0.4, -0.2) is 44.5 Å². The van der Waals surface area contributed by atoms with Crippen LogP contribution in [0.25, 0.3) is 11.3 Å². The van der Waals surface area contributed by atoms with Crippen molar-refractivity contribution in [3.8, 4) is 11.3 Å². The van der Waals surface area contributed by atoms with Crippen molar-refractivity contribution in [3.63, 3.8) is 0 Å². The summed E-state index contributed by atoms with van der Waals surface area (Å²) in [5.74, 6) is -0.364. The predicted molar refractivity (Wildman–Crippen MR) is 151 cm³/mol. The first kappa shape index (κ1) is 28.4. The second-order valence-corrected chi connectivity index (χ2v) is 11.1. The van der Waals surface area contributed by atoms with Crippen molar-refractivity contribution in [2.24, 2.45) is 4.99 Å². The first-order chi connectivity index (χ1) is 20.2. The molecular formula is C32H33F2N3O5. The minimum Gasteiger partial charge on any atom is -0.369 e.